The molecule has 0 amide bonds. The van der Waals surface area contributed by atoms with Gasteiger partial charge in [0.2, 0.25) is 0 Å². The number of hydrogen-bond donors (Lipinski definition) is 0. The van der Waals surface area contributed by atoms with Crippen LogP contribution in [0, 0.1) is 0 Å². The fraction of sp³-hybridized carbons (Fsp3) is 0. The maximum Gasteiger partial charge on any atom is 0.0894 e. The maximum absolute atomic E-state index is 4.98. The lowest BCUT2D eigenvalue weighted by Gasteiger charge is -2.12. The Kier molecular flexibility index (Phi) is 12.7. The molecule has 0 atom stereocenters. The van der Waals surface area contributed by atoms with Crippen molar-refractivity contribution < 1.29 is 0 Å². The van der Waals surface area contributed by atoms with E-state index in [1.807, 2.05) is 201 Å². The molecule has 0 N–H and O–H groups in total. The minimum atomic E-state index is 0.744. The summed E-state index contributed by atoms with van der Waals surface area (Å²) in [4.78, 5) is 56.8. The van der Waals surface area contributed by atoms with Crippen molar-refractivity contribution in [2.45, 2.75) is 0 Å². The van der Waals surface area contributed by atoms with Gasteiger partial charge in [0, 0.05) is 124 Å². The minimum absolute atomic E-state index is 0.744. The van der Waals surface area contributed by atoms with Crippen molar-refractivity contribution >= 4 is 0 Å². The zero-order valence-electron chi connectivity index (χ0n) is 41.6. The Labute approximate surface area is 449 Å². The van der Waals surface area contributed by atoms with Crippen molar-refractivity contribution in [2.24, 2.45) is 0 Å². The molecule has 0 bridgehead atoms. The molecule has 0 aliphatic carbocycles. The van der Waals surface area contributed by atoms with E-state index in [0.29, 0.717) is 0 Å². The Morgan fingerprint density at radius 1 is 0.167 bits per heavy atom. The Morgan fingerprint density at radius 2 is 0.385 bits per heavy atom. The summed E-state index contributed by atoms with van der Waals surface area (Å²) in [5.74, 6) is 0. The third-order valence-electron chi connectivity index (χ3n) is 13.3. The summed E-state index contributed by atoms with van der Waals surface area (Å²) in [5, 5.41) is 0. The molecule has 78 heavy (non-hydrogen) atoms. The van der Waals surface area contributed by atoms with Crippen LogP contribution in [-0.4, -0.2) is 59.8 Å². The van der Waals surface area contributed by atoms with Crippen molar-refractivity contribution in [3.05, 3.63) is 256 Å². The third-order valence-corrected chi connectivity index (χ3v) is 13.3. The normalized spacial score (nSPS) is 11.1. The monoisotopic (exact) mass is 1000 g/mol. The highest BCUT2D eigenvalue weighted by atomic mass is 14.8. The van der Waals surface area contributed by atoms with Gasteiger partial charge < -0.3 is 0 Å². The van der Waals surface area contributed by atoms with Crippen molar-refractivity contribution in [2.75, 3.05) is 0 Å². The summed E-state index contributed by atoms with van der Waals surface area (Å²) in [6, 6.07) is 60.4. The van der Waals surface area contributed by atoms with Crippen LogP contribution >= 0.6 is 0 Å². The molecule has 0 saturated carbocycles. The number of aromatic nitrogens is 12. The van der Waals surface area contributed by atoms with Gasteiger partial charge in [0.25, 0.3) is 0 Å². The molecule has 366 valence electrons. The van der Waals surface area contributed by atoms with Crippen LogP contribution in [0.5, 0.6) is 0 Å². The third kappa shape index (κ3) is 10.0. The molecule has 1 aromatic carbocycles. The Bertz CT molecular complexity index is 3740. The van der Waals surface area contributed by atoms with E-state index >= 15 is 0 Å². The molecule has 0 aliphatic rings. The van der Waals surface area contributed by atoms with Crippen molar-refractivity contribution in [3.8, 4) is 135 Å². The first kappa shape index (κ1) is 46.8. The lowest BCUT2D eigenvalue weighted by atomic mass is 9.94. The Hall–Kier alpha value is -11.0. The molecular formula is C66H42N12. The van der Waals surface area contributed by atoms with E-state index in [-0.39, 0.29) is 0 Å². The molecule has 0 unspecified atom stereocenters. The summed E-state index contributed by atoms with van der Waals surface area (Å²) >= 11 is 0. The summed E-state index contributed by atoms with van der Waals surface area (Å²) in [5.41, 5.74) is 20.8. The lowest BCUT2D eigenvalue weighted by molar-refractivity contribution is 1.22. The molecular weight excluding hydrogens is 961 g/mol. The van der Waals surface area contributed by atoms with Crippen LogP contribution in [0.1, 0.15) is 0 Å². The van der Waals surface area contributed by atoms with Crippen LogP contribution in [0.3, 0.4) is 0 Å². The van der Waals surface area contributed by atoms with Crippen molar-refractivity contribution in [1.82, 2.24) is 59.8 Å². The largest absolute Gasteiger partial charge is 0.264 e. The fourth-order valence-corrected chi connectivity index (χ4v) is 9.19. The second kappa shape index (κ2) is 21.1. The molecule has 12 aromatic heterocycles. The van der Waals surface area contributed by atoms with E-state index in [1.165, 1.54) is 0 Å². The first-order valence-electron chi connectivity index (χ1n) is 25.2. The van der Waals surface area contributed by atoms with Gasteiger partial charge in [-0.25, -0.2) is 15.0 Å². The van der Waals surface area contributed by atoms with Crippen LogP contribution in [0.2, 0.25) is 0 Å². The first-order valence-corrected chi connectivity index (χ1v) is 25.2. The van der Waals surface area contributed by atoms with E-state index in [2.05, 4.69) is 51.4 Å². The van der Waals surface area contributed by atoms with Gasteiger partial charge in [0.15, 0.2) is 0 Å². The van der Waals surface area contributed by atoms with Gasteiger partial charge in [-0.1, -0.05) is 72.8 Å². The van der Waals surface area contributed by atoms with Crippen molar-refractivity contribution in [3.63, 3.8) is 0 Å². The van der Waals surface area contributed by atoms with Crippen LogP contribution in [0.15, 0.2) is 256 Å². The first-order chi connectivity index (χ1) is 38.6. The van der Waals surface area contributed by atoms with Gasteiger partial charge in [-0.05, 0) is 126 Å². The van der Waals surface area contributed by atoms with Gasteiger partial charge in [-0.3, -0.25) is 44.9 Å². The highest BCUT2D eigenvalue weighted by Gasteiger charge is 2.14. The average Bonchev–Trinajstić information content (AvgIpc) is 3.56. The predicted octanol–water partition coefficient (Wildman–Crippen LogP) is 14.4. The van der Waals surface area contributed by atoms with Gasteiger partial charge in [0.1, 0.15) is 0 Å². The van der Waals surface area contributed by atoms with E-state index in [0.717, 1.165) is 135 Å². The predicted molar refractivity (Wildman–Crippen MR) is 305 cm³/mol. The summed E-state index contributed by atoms with van der Waals surface area (Å²) in [6.45, 7) is 0. The molecule has 12 heterocycles. The zero-order chi connectivity index (χ0) is 52.0. The lowest BCUT2D eigenvalue weighted by Crippen LogP contribution is -1.94. The number of nitrogens with zero attached hydrogens (tertiary/aromatic N) is 12. The van der Waals surface area contributed by atoms with E-state index in [1.54, 1.807) is 18.6 Å². The van der Waals surface area contributed by atoms with Gasteiger partial charge in [-0.2, -0.15) is 0 Å². The van der Waals surface area contributed by atoms with Crippen LogP contribution in [0.25, 0.3) is 135 Å². The molecule has 0 aliphatic heterocycles. The topological polar surface area (TPSA) is 155 Å². The summed E-state index contributed by atoms with van der Waals surface area (Å²) in [6.07, 6.45) is 22.0. The van der Waals surface area contributed by atoms with E-state index in [4.69, 9.17) is 44.9 Å². The molecule has 13 aromatic rings. The van der Waals surface area contributed by atoms with Gasteiger partial charge >= 0.3 is 0 Å². The second-order valence-electron chi connectivity index (χ2n) is 18.3. The van der Waals surface area contributed by atoms with Gasteiger partial charge in [0.05, 0.1) is 68.3 Å². The molecule has 0 spiro atoms. The second-order valence-corrected chi connectivity index (χ2v) is 18.3. The number of benzene rings is 1. The van der Waals surface area contributed by atoms with Crippen LogP contribution < -0.4 is 0 Å². The number of rotatable bonds is 12. The Balaban J connectivity index is 0.800. The Morgan fingerprint density at radius 3 is 0.577 bits per heavy atom. The number of pyridine rings is 12. The molecule has 12 heteroatoms. The number of hydrogen-bond acceptors (Lipinski definition) is 12. The maximum atomic E-state index is 4.98. The zero-order valence-corrected chi connectivity index (χ0v) is 41.6. The highest BCUT2D eigenvalue weighted by molar-refractivity contribution is 5.82. The smallest absolute Gasteiger partial charge is 0.0894 e. The van der Waals surface area contributed by atoms with E-state index < -0.39 is 0 Å². The standard InChI is InChI=1S/C66H42N12/c1-10-61(55-22-16-46(37-70-55)43-7-4-28-67-34-43)76-64(13-1)58-25-19-49(40-73-58)52-31-53(50-20-26-59(74-41-50)65-14-2-11-62(77-65)56-23-17-47(38-71-56)44-8-5-29-68-35-44)33-54(32-52)51-21-27-60(75-42-51)66-15-3-12-63(78-66)57-24-18-48(39-72-57)45-9-6-30-69-36-45/h1-42H. The molecule has 12 nitrogen and oxygen atoms in total. The van der Waals surface area contributed by atoms with Crippen LogP contribution in [-0.2, 0) is 0 Å². The summed E-state index contributed by atoms with van der Waals surface area (Å²) in [7, 11) is 0. The molecule has 13 rings (SSSR count). The SMILES string of the molecule is c1cncc(-c2ccc(-c3cccc(-c4ccc(-c5cc(-c6ccc(-c7cccc(-c8ccc(-c9cccnc9)cn8)n7)nc6)cc(-c6ccc(-c7cccc(-c8ccc(-c9cccnc9)cn8)n7)nc6)c5)cn4)n3)nc2)c1. The minimum Gasteiger partial charge on any atom is -0.264 e. The average molecular weight is 1000 g/mol. The highest BCUT2D eigenvalue weighted by Crippen LogP contribution is 2.35. The molecule has 0 radical (unpaired) electrons. The van der Waals surface area contributed by atoms with Gasteiger partial charge in [-0.15, -0.1) is 0 Å². The quantitative estimate of drug-likeness (QED) is 0.114. The summed E-state index contributed by atoms with van der Waals surface area (Å²) < 4.78 is 0. The molecule has 0 saturated heterocycles. The fourth-order valence-electron chi connectivity index (χ4n) is 9.19. The van der Waals surface area contributed by atoms with Crippen molar-refractivity contribution in [1.29, 1.82) is 0 Å². The van der Waals surface area contributed by atoms with E-state index in [9.17, 15) is 0 Å². The van der Waals surface area contributed by atoms with Crippen LogP contribution in [0.4, 0.5) is 0 Å². The molecule has 0 fully saturated rings.